The lowest BCUT2D eigenvalue weighted by atomic mass is 9.89. The van der Waals surface area contributed by atoms with Crippen LogP contribution in [0.2, 0.25) is 0 Å². The third kappa shape index (κ3) is 5.19. The number of hydrogen-bond donors (Lipinski definition) is 2. The average molecular weight is 497 g/mol. The minimum atomic E-state index is 0.0150. The molecule has 0 aromatic heterocycles. The van der Waals surface area contributed by atoms with Crippen LogP contribution in [-0.4, -0.2) is 31.6 Å². The Balaban J connectivity index is 1.60. The quantitative estimate of drug-likeness (QED) is 0.286. The number of aromatic hydroxyl groups is 1. The number of phenols is 1. The minimum Gasteiger partial charge on any atom is -0.508 e. The Kier molecular flexibility index (Phi) is 7.14. The Labute approximate surface area is 215 Å². The summed E-state index contributed by atoms with van der Waals surface area (Å²) in [7, 11) is 3.36. The zero-order valence-electron chi connectivity index (χ0n) is 20.2. The van der Waals surface area contributed by atoms with E-state index in [0.29, 0.717) is 6.54 Å². The van der Waals surface area contributed by atoms with Crippen molar-refractivity contribution in [2.24, 2.45) is 10.9 Å². The van der Waals surface area contributed by atoms with Crippen molar-refractivity contribution < 1.29 is 14.6 Å². The number of rotatable bonds is 7. The topological polar surface area (TPSA) is 63.1 Å². The van der Waals surface area contributed by atoms with Crippen LogP contribution < -0.4 is 14.8 Å². The first-order valence-electron chi connectivity index (χ1n) is 11.8. The van der Waals surface area contributed by atoms with Gasteiger partial charge in [0.25, 0.3) is 0 Å². The fourth-order valence-electron chi connectivity index (χ4n) is 4.39. The molecule has 182 valence electrons. The fraction of sp³-hybridized carbons (Fsp3) is 0.167. The molecule has 1 heterocycles. The number of thioether (sulfide) groups is 1. The van der Waals surface area contributed by atoms with Gasteiger partial charge in [0.1, 0.15) is 17.2 Å². The van der Waals surface area contributed by atoms with E-state index in [9.17, 15) is 5.11 Å². The van der Waals surface area contributed by atoms with Crippen molar-refractivity contribution in [1.82, 2.24) is 0 Å². The van der Waals surface area contributed by atoms with E-state index in [1.54, 1.807) is 26.4 Å². The molecule has 2 atom stereocenters. The number of aliphatic imine (C=N–C) groups is 1. The molecular formula is C30H28N2O3S. The van der Waals surface area contributed by atoms with E-state index in [-0.39, 0.29) is 16.9 Å². The lowest BCUT2D eigenvalue weighted by Gasteiger charge is -2.28. The Morgan fingerprint density at radius 1 is 0.833 bits per heavy atom. The van der Waals surface area contributed by atoms with Gasteiger partial charge in [0.05, 0.1) is 25.6 Å². The number of hydrogen-bond acceptors (Lipinski definition) is 6. The number of fused-ring (bicyclic) bond motifs is 1. The maximum Gasteiger partial charge on any atom is 0.119 e. The molecule has 6 heteroatoms. The minimum absolute atomic E-state index is 0.0150. The first kappa shape index (κ1) is 23.8. The van der Waals surface area contributed by atoms with Crippen molar-refractivity contribution in [3.63, 3.8) is 0 Å². The molecule has 2 N–H and O–H groups in total. The van der Waals surface area contributed by atoms with Crippen LogP contribution in [0, 0.1) is 5.92 Å². The van der Waals surface area contributed by atoms with E-state index in [0.717, 1.165) is 39.0 Å². The summed E-state index contributed by atoms with van der Waals surface area (Å²) in [6, 6.07) is 31.8. The molecule has 0 saturated heterocycles. The van der Waals surface area contributed by atoms with E-state index in [2.05, 4.69) is 35.6 Å². The van der Waals surface area contributed by atoms with Crippen molar-refractivity contribution >= 4 is 28.8 Å². The van der Waals surface area contributed by atoms with Gasteiger partial charge in [-0.05, 0) is 83.9 Å². The van der Waals surface area contributed by atoms with Gasteiger partial charge in [-0.25, -0.2) is 0 Å². The zero-order valence-corrected chi connectivity index (χ0v) is 21.0. The number of phenolic OH excluding ortho intramolecular Hbond substituents is 1. The largest absolute Gasteiger partial charge is 0.508 e. The van der Waals surface area contributed by atoms with Crippen molar-refractivity contribution in [3.05, 3.63) is 108 Å². The normalized spacial score (nSPS) is 16.9. The summed E-state index contributed by atoms with van der Waals surface area (Å²) in [5.74, 6) is 1.90. The molecule has 2 unspecified atom stereocenters. The van der Waals surface area contributed by atoms with Gasteiger partial charge >= 0.3 is 0 Å². The van der Waals surface area contributed by atoms with Crippen molar-refractivity contribution in [3.8, 4) is 17.2 Å². The number of nitrogens with zero attached hydrogens (tertiary/aromatic N) is 1. The smallest absolute Gasteiger partial charge is 0.119 e. The van der Waals surface area contributed by atoms with Crippen LogP contribution in [0.1, 0.15) is 16.4 Å². The Bertz CT molecular complexity index is 1350. The van der Waals surface area contributed by atoms with E-state index in [4.69, 9.17) is 14.5 Å². The molecule has 0 spiro atoms. The van der Waals surface area contributed by atoms with Gasteiger partial charge in [0.2, 0.25) is 0 Å². The Morgan fingerprint density at radius 3 is 2.33 bits per heavy atom. The van der Waals surface area contributed by atoms with Gasteiger partial charge in [0, 0.05) is 28.3 Å². The highest BCUT2D eigenvalue weighted by Crippen LogP contribution is 2.49. The SMILES string of the molecule is COc1ccc(NCC2C(c3ccc(O)cc3)=Nc3ccccc3SC2c2cccc(OC)c2)cc1. The predicted octanol–water partition coefficient (Wildman–Crippen LogP) is 7.11. The molecule has 1 aliphatic rings. The summed E-state index contributed by atoms with van der Waals surface area (Å²) in [6.45, 7) is 0.662. The number of methoxy groups -OCH3 is 2. The molecule has 0 aliphatic carbocycles. The fourth-order valence-corrected chi connectivity index (χ4v) is 5.73. The maximum absolute atomic E-state index is 9.94. The lowest BCUT2D eigenvalue weighted by molar-refractivity contribution is 0.414. The first-order valence-corrected chi connectivity index (χ1v) is 12.7. The van der Waals surface area contributed by atoms with Crippen molar-refractivity contribution in [1.29, 1.82) is 0 Å². The molecule has 0 radical (unpaired) electrons. The molecular weight excluding hydrogens is 468 g/mol. The highest BCUT2D eigenvalue weighted by atomic mass is 32.2. The number of para-hydroxylation sites is 1. The third-order valence-corrected chi connectivity index (χ3v) is 7.73. The second-order valence-corrected chi connectivity index (χ2v) is 9.73. The highest BCUT2D eigenvalue weighted by molar-refractivity contribution is 7.99. The summed E-state index contributed by atoms with van der Waals surface area (Å²) in [4.78, 5) is 6.33. The standard InChI is InChI=1S/C30H28N2O3S/c1-34-24-16-12-22(13-17-24)31-19-26-29(20-10-14-23(33)15-11-20)32-27-8-3-4-9-28(27)36-30(26)21-6-5-7-25(18-21)35-2/h3-18,26,30-31,33H,19H2,1-2H3. The molecule has 0 fully saturated rings. The van der Waals surface area contributed by atoms with E-state index >= 15 is 0 Å². The monoisotopic (exact) mass is 496 g/mol. The molecule has 5 nitrogen and oxygen atoms in total. The number of ether oxygens (including phenoxy) is 2. The maximum atomic E-state index is 9.94. The van der Waals surface area contributed by atoms with Crippen LogP contribution >= 0.6 is 11.8 Å². The van der Waals surface area contributed by atoms with E-state index in [1.165, 1.54) is 5.56 Å². The summed E-state index contributed by atoms with van der Waals surface area (Å²) in [6.07, 6.45) is 0. The molecule has 36 heavy (non-hydrogen) atoms. The van der Waals surface area contributed by atoms with Crippen LogP contribution in [0.3, 0.4) is 0 Å². The van der Waals surface area contributed by atoms with Crippen LogP contribution in [0.25, 0.3) is 0 Å². The zero-order chi connectivity index (χ0) is 24.9. The van der Waals surface area contributed by atoms with E-state index < -0.39 is 0 Å². The molecule has 0 bridgehead atoms. The molecule has 0 amide bonds. The molecule has 4 aromatic rings. The predicted molar refractivity (Wildman–Crippen MR) is 147 cm³/mol. The van der Waals surface area contributed by atoms with Crippen molar-refractivity contribution in [2.75, 3.05) is 26.1 Å². The van der Waals surface area contributed by atoms with Gasteiger partial charge in [-0.3, -0.25) is 4.99 Å². The summed E-state index contributed by atoms with van der Waals surface area (Å²) >= 11 is 1.82. The van der Waals surface area contributed by atoms with Crippen LogP contribution in [0.15, 0.2) is 107 Å². The molecule has 5 rings (SSSR count). The molecule has 0 saturated carbocycles. The van der Waals surface area contributed by atoms with Gasteiger partial charge in [0.15, 0.2) is 0 Å². The summed E-state index contributed by atoms with van der Waals surface area (Å²) in [5.41, 5.74) is 5.09. The molecule has 4 aromatic carbocycles. The Hall–Kier alpha value is -3.90. The Morgan fingerprint density at radius 2 is 1.58 bits per heavy atom. The number of anilines is 1. The first-order chi connectivity index (χ1) is 17.6. The second-order valence-electron chi connectivity index (χ2n) is 8.54. The summed E-state index contributed by atoms with van der Waals surface area (Å²) < 4.78 is 10.9. The molecule has 1 aliphatic heterocycles. The summed E-state index contributed by atoms with van der Waals surface area (Å²) in [5, 5.41) is 13.6. The van der Waals surface area contributed by atoms with Crippen LogP contribution in [0.4, 0.5) is 11.4 Å². The number of nitrogens with one attached hydrogen (secondary N) is 1. The average Bonchev–Trinajstić information content (AvgIpc) is 3.09. The van der Waals surface area contributed by atoms with Crippen molar-refractivity contribution in [2.45, 2.75) is 10.1 Å². The van der Waals surface area contributed by atoms with Gasteiger partial charge in [-0.15, -0.1) is 11.8 Å². The number of benzene rings is 4. The second kappa shape index (κ2) is 10.8. The van der Waals surface area contributed by atoms with E-state index in [1.807, 2.05) is 66.4 Å². The lowest BCUT2D eigenvalue weighted by Crippen LogP contribution is -2.28. The van der Waals surface area contributed by atoms with Gasteiger partial charge < -0.3 is 19.9 Å². The van der Waals surface area contributed by atoms with Gasteiger partial charge in [-0.2, -0.15) is 0 Å². The van der Waals surface area contributed by atoms with Crippen LogP contribution in [-0.2, 0) is 0 Å². The van der Waals surface area contributed by atoms with Crippen LogP contribution in [0.5, 0.6) is 17.2 Å². The highest BCUT2D eigenvalue weighted by Gasteiger charge is 2.33. The third-order valence-electron chi connectivity index (χ3n) is 6.28. The van der Waals surface area contributed by atoms with Gasteiger partial charge in [-0.1, -0.05) is 24.3 Å².